The molecule has 0 amide bonds. The first kappa shape index (κ1) is 59.0. The summed E-state index contributed by atoms with van der Waals surface area (Å²) in [4.78, 5) is 13.1. The molecule has 0 radical (unpaired) electrons. The summed E-state index contributed by atoms with van der Waals surface area (Å²) < 4.78 is 54.3. The predicted octanol–water partition coefficient (Wildman–Crippen LogP) is -0.744. The fourth-order valence-corrected chi connectivity index (χ4v) is 16.4. The monoisotopic (exact) mass is 1090 g/mol. The molecule has 0 aromatic rings. The highest BCUT2D eigenvalue weighted by Crippen LogP contribution is 2.76. The van der Waals surface area contributed by atoms with Crippen LogP contribution in [0.4, 0.5) is 0 Å². The van der Waals surface area contributed by atoms with Crippen molar-refractivity contribution in [3.05, 3.63) is 11.6 Å². The Labute approximate surface area is 444 Å². The highest BCUT2D eigenvalue weighted by molar-refractivity contribution is 5.75. The number of fused-ring (bicyclic) bond motifs is 7. The number of allylic oxidation sites excluding steroid dienone is 2. The van der Waals surface area contributed by atoms with Gasteiger partial charge in [-0.3, -0.25) is 0 Å². The van der Waals surface area contributed by atoms with E-state index in [4.69, 9.17) is 42.6 Å². The summed E-state index contributed by atoms with van der Waals surface area (Å²) >= 11 is 0. The molecule has 0 unspecified atom stereocenters. The lowest BCUT2D eigenvalue weighted by atomic mass is 9.33. The van der Waals surface area contributed by atoms with Crippen LogP contribution in [0, 0.1) is 50.2 Å². The maximum absolute atomic E-state index is 13.1. The minimum absolute atomic E-state index is 0.108. The molecule has 0 aromatic carbocycles. The smallest absolute Gasteiger partial charge is 0.337 e. The van der Waals surface area contributed by atoms with Crippen LogP contribution in [0.2, 0.25) is 0 Å². The zero-order valence-electron chi connectivity index (χ0n) is 45.4. The minimum Gasteiger partial charge on any atom is -0.467 e. The lowest BCUT2D eigenvalue weighted by Gasteiger charge is -2.72. The molecule has 4 saturated heterocycles. The molecule has 4 saturated carbocycles. The maximum atomic E-state index is 13.1. The molecule has 5 aliphatic carbocycles. The molecule has 4 heterocycles. The average Bonchev–Trinajstić information content (AvgIpc) is 3.55. The van der Waals surface area contributed by atoms with Crippen LogP contribution in [0.15, 0.2) is 11.6 Å². The van der Waals surface area contributed by atoms with E-state index in [2.05, 4.69) is 47.6 Å². The van der Waals surface area contributed by atoms with Crippen molar-refractivity contribution in [3.8, 4) is 0 Å². The van der Waals surface area contributed by atoms with Crippen molar-refractivity contribution >= 4 is 5.97 Å². The van der Waals surface area contributed by atoms with E-state index in [0.29, 0.717) is 19.3 Å². The van der Waals surface area contributed by atoms with Crippen LogP contribution in [-0.4, -0.2) is 223 Å². The highest BCUT2D eigenvalue weighted by Gasteiger charge is 2.70. The number of aliphatic hydroxyl groups excluding tert-OH is 12. The van der Waals surface area contributed by atoms with Gasteiger partial charge in [0.2, 0.25) is 0 Å². The molecule has 0 spiro atoms. The third-order valence-electron chi connectivity index (χ3n) is 21.4. The first-order valence-electron chi connectivity index (χ1n) is 27.6. The standard InChI is InChI=1S/C54H88O22/c1-23-32(58)35(61)39(65)45(70-23)75-42-33(59)26(57)21-69-47(42)76-43-38(64)37(63)41(44(67)68-9)74-48(43)72-30-13-14-51(5)28(52(30,6)22-56)12-15-54(8)29(51)11-10-24-25-18-49(2,3)19-31(50(25,4)16-17-53(24,54)7)73-46-40(66)36(62)34(60)27(20-55)71-46/h10,23,25-43,45-48,55-66H,11-22H2,1-9H3/t23-,25-,26+,27+,28+,29+,30-,31+,32-,33-,34+,35+,36-,37-,38-,39+,40+,41-,42+,43+,45-,46-,47-,48+,50+,51-,52+,53+,54+/m0/s1. The van der Waals surface area contributed by atoms with Crippen LogP contribution in [-0.2, 0) is 47.4 Å². The van der Waals surface area contributed by atoms with Gasteiger partial charge in [-0.05, 0) is 104 Å². The summed E-state index contributed by atoms with van der Waals surface area (Å²) in [6.07, 6.45) is -22.1. The lowest BCUT2D eigenvalue weighted by Crippen LogP contribution is -2.68. The first-order valence-corrected chi connectivity index (χ1v) is 27.6. The second kappa shape index (κ2) is 21.3. The maximum Gasteiger partial charge on any atom is 0.337 e. The molecule has 0 bridgehead atoms. The average molecular weight is 1090 g/mol. The van der Waals surface area contributed by atoms with E-state index in [9.17, 15) is 66.1 Å². The number of carbonyl (C=O) groups excluding carboxylic acids is 1. The molecule has 29 atom stereocenters. The van der Waals surface area contributed by atoms with E-state index in [1.807, 2.05) is 6.92 Å². The van der Waals surface area contributed by atoms with Crippen molar-refractivity contribution in [1.82, 2.24) is 0 Å². The first-order chi connectivity index (χ1) is 35.5. The molecule has 12 N–H and O–H groups in total. The third kappa shape index (κ3) is 9.47. The Morgan fingerprint density at radius 2 is 1.25 bits per heavy atom. The summed E-state index contributed by atoms with van der Waals surface area (Å²) in [5.41, 5.74) is -0.816. The van der Waals surface area contributed by atoms with Gasteiger partial charge in [-0.2, -0.15) is 0 Å². The van der Waals surface area contributed by atoms with Gasteiger partial charge in [0, 0.05) is 10.8 Å². The minimum atomic E-state index is -1.92. The molecule has 436 valence electrons. The second-order valence-electron chi connectivity index (χ2n) is 26.1. The number of hydrogen-bond donors (Lipinski definition) is 12. The molecule has 4 aliphatic heterocycles. The van der Waals surface area contributed by atoms with Crippen LogP contribution in [0.5, 0.6) is 0 Å². The van der Waals surface area contributed by atoms with Gasteiger partial charge in [0.1, 0.15) is 79.4 Å². The summed E-state index contributed by atoms with van der Waals surface area (Å²) in [6.45, 7) is 16.0. The molecular weight excluding hydrogens is 1000 g/mol. The molecule has 9 rings (SSSR count). The fraction of sp³-hybridized carbons (Fsp3) is 0.944. The van der Waals surface area contributed by atoms with Crippen LogP contribution < -0.4 is 0 Å². The van der Waals surface area contributed by atoms with Gasteiger partial charge in [-0.25, -0.2) is 4.79 Å². The van der Waals surface area contributed by atoms with Crippen molar-refractivity contribution in [1.29, 1.82) is 0 Å². The lowest BCUT2D eigenvalue weighted by molar-refractivity contribution is -0.387. The van der Waals surface area contributed by atoms with Gasteiger partial charge < -0.3 is 104 Å². The van der Waals surface area contributed by atoms with Crippen molar-refractivity contribution in [2.75, 3.05) is 26.9 Å². The molecule has 22 heteroatoms. The van der Waals surface area contributed by atoms with E-state index >= 15 is 0 Å². The number of carbonyl (C=O) groups is 1. The Hall–Kier alpha value is -1.59. The van der Waals surface area contributed by atoms with E-state index in [0.717, 1.165) is 45.6 Å². The molecule has 76 heavy (non-hydrogen) atoms. The third-order valence-corrected chi connectivity index (χ3v) is 21.4. The number of aliphatic hydroxyl groups is 12. The summed E-state index contributed by atoms with van der Waals surface area (Å²) in [5, 5.41) is 131. The Bertz CT molecular complexity index is 2100. The van der Waals surface area contributed by atoms with E-state index < -0.39 is 147 Å². The quantitative estimate of drug-likeness (QED) is 0.0688. The SMILES string of the molecule is COC(=O)[C@H]1O[C@@H](O[C@H]2CC[C@@]3(C)[C@@H](CC[C@]4(C)[C@@H]3CC=C3[C@@H]5CC(C)(C)C[C@@H](O[C@@H]6O[C@H](CO)[C@@H](O)[C@H](O)[C@H]6O)[C@]5(C)CC[C@]34C)[C@@]2(C)CO)[C@H](O[C@@H]2OC[C@@H](O)[C@H](O)[C@H]2O[C@@H]2O[C@@H](C)[C@H](O)[C@@H](O)[C@H]2O)[C@@H](O)[C@@H]1O. The van der Waals surface area contributed by atoms with Gasteiger partial charge >= 0.3 is 5.97 Å². The Morgan fingerprint density at radius 1 is 0.618 bits per heavy atom. The van der Waals surface area contributed by atoms with E-state index in [-0.39, 0.29) is 57.5 Å². The zero-order valence-corrected chi connectivity index (χ0v) is 45.4. The van der Waals surface area contributed by atoms with Crippen LogP contribution in [0.25, 0.3) is 0 Å². The Kier molecular flexibility index (Phi) is 16.6. The summed E-state index contributed by atoms with van der Waals surface area (Å²) in [7, 11) is 1.10. The highest BCUT2D eigenvalue weighted by atomic mass is 16.8. The molecule has 22 nitrogen and oxygen atoms in total. The van der Waals surface area contributed by atoms with Crippen molar-refractivity contribution < 1.29 is 109 Å². The zero-order chi connectivity index (χ0) is 55.6. The topological polar surface area (TPSA) is 343 Å². The largest absolute Gasteiger partial charge is 0.467 e. The Morgan fingerprint density at radius 3 is 1.91 bits per heavy atom. The Balaban J connectivity index is 0.973. The van der Waals surface area contributed by atoms with Crippen molar-refractivity contribution in [2.24, 2.45) is 50.2 Å². The fourth-order valence-electron chi connectivity index (χ4n) is 16.4. The normalized spacial score (nSPS) is 55.2. The predicted molar refractivity (Wildman–Crippen MR) is 262 cm³/mol. The van der Waals surface area contributed by atoms with Gasteiger partial charge in [0.25, 0.3) is 0 Å². The number of methoxy groups -OCH3 is 1. The molecule has 9 aliphatic rings. The molecular formula is C54H88O22. The summed E-state index contributed by atoms with van der Waals surface area (Å²) in [6, 6.07) is 0. The van der Waals surface area contributed by atoms with Crippen molar-refractivity contribution in [2.45, 2.75) is 242 Å². The van der Waals surface area contributed by atoms with Crippen LogP contribution in [0.3, 0.4) is 0 Å². The van der Waals surface area contributed by atoms with Crippen LogP contribution in [0.1, 0.15) is 113 Å². The van der Waals surface area contributed by atoms with Gasteiger partial charge in [-0.15, -0.1) is 0 Å². The van der Waals surface area contributed by atoms with Crippen LogP contribution >= 0.6 is 0 Å². The van der Waals surface area contributed by atoms with Gasteiger partial charge in [-0.1, -0.05) is 60.1 Å². The number of hydrogen-bond acceptors (Lipinski definition) is 22. The van der Waals surface area contributed by atoms with Crippen molar-refractivity contribution in [3.63, 3.8) is 0 Å². The number of ether oxygens (including phenoxy) is 9. The molecule has 0 aromatic heterocycles. The van der Waals surface area contributed by atoms with Gasteiger partial charge in [0.15, 0.2) is 31.3 Å². The molecule has 8 fully saturated rings. The summed E-state index contributed by atoms with van der Waals surface area (Å²) in [5.74, 6) is -0.831. The van der Waals surface area contributed by atoms with E-state index in [1.165, 1.54) is 12.5 Å². The number of rotatable bonds is 11. The number of esters is 1. The van der Waals surface area contributed by atoms with E-state index in [1.54, 1.807) is 0 Å². The van der Waals surface area contributed by atoms with Gasteiger partial charge in [0.05, 0.1) is 45.2 Å². The second-order valence-corrected chi connectivity index (χ2v) is 26.1.